The van der Waals surface area contributed by atoms with E-state index in [4.69, 9.17) is 9.47 Å². The third-order valence-corrected chi connectivity index (χ3v) is 2.29. The van der Waals surface area contributed by atoms with Crippen molar-refractivity contribution in [1.29, 1.82) is 0 Å². The SMILES string of the molecule is Cc1cc(C2COCCO2)cc(C)n1. The fraction of sp³-hybridized carbons (Fsp3) is 0.545. The van der Waals surface area contributed by atoms with E-state index >= 15 is 0 Å². The lowest BCUT2D eigenvalue weighted by molar-refractivity contribution is -0.0902. The summed E-state index contributed by atoms with van der Waals surface area (Å²) in [5, 5.41) is 0. The lowest BCUT2D eigenvalue weighted by Crippen LogP contribution is -2.22. The smallest absolute Gasteiger partial charge is 0.106 e. The molecule has 1 aliphatic rings. The summed E-state index contributed by atoms with van der Waals surface area (Å²) in [5.41, 5.74) is 3.25. The van der Waals surface area contributed by atoms with Crippen LogP contribution >= 0.6 is 0 Å². The maximum absolute atomic E-state index is 5.62. The zero-order valence-corrected chi connectivity index (χ0v) is 8.62. The van der Waals surface area contributed by atoms with Gasteiger partial charge in [0.1, 0.15) is 6.10 Å². The van der Waals surface area contributed by atoms with Crippen molar-refractivity contribution in [3.05, 3.63) is 29.1 Å². The molecule has 3 heteroatoms. The number of rotatable bonds is 1. The van der Waals surface area contributed by atoms with Gasteiger partial charge in [-0.05, 0) is 31.5 Å². The van der Waals surface area contributed by atoms with Gasteiger partial charge in [-0.25, -0.2) is 0 Å². The van der Waals surface area contributed by atoms with E-state index in [0.717, 1.165) is 11.4 Å². The Morgan fingerprint density at radius 2 is 1.93 bits per heavy atom. The van der Waals surface area contributed by atoms with Gasteiger partial charge < -0.3 is 9.47 Å². The largest absolute Gasteiger partial charge is 0.376 e. The minimum atomic E-state index is 0.0872. The molecule has 0 spiro atoms. The molecule has 1 aliphatic heterocycles. The van der Waals surface area contributed by atoms with Gasteiger partial charge in [-0.1, -0.05) is 0 Å². The molecule has 0 aromatic carbocycles. The predicted molar refractivity (Wildman–Crippen MR) is 53.2 cm³/mol. The van der Waals surface area contributed by atoms with E-state index in [1.54, 1.807) is 0 Å². The van der Waals surface area contributed by atoms with Crippen molar-refractivity contribution < 1.29 is 9.47 Å². The van der Waals surface area contributed by atoms with Crippen molar-refractivity contribution in [2.45, 2.75) is 20.0 Å². The Hall–Kier alpha value is -0.930. The highest BCUT2D eigenvalue weighted by molar-refractivity contribution is 5.22. The minimum Gasteiger partial charge on any atom is -0.376 e. The van der Waals surface area contributed by atoms with Crippen LogP contribution in [0.4, 0.5) is 0 Å². The molecule has 0 radical (unpaired) electrons. The van der Waals surface area contributed by atoms with Crippen LogP contribution in [0.1, 0.15) is 23.1 Å². The van der Waals surface area contributed by atoms with Gasteiger partial charge in [-0.15, -0.1) is 0 Å². The fourth-order valence-electron chi connectivity index (χ4n) is 1.73. The number of nitrogens with zero attached hydrogens (tertiary/aromatic N) is 1. The van der Waals surface area contributed by atoms with Crippen LogP contribution in [0, 0.1) is 13.8 Å². The third-order valence-electron chi connectivity index (χ3n) is 2.29. The molecular formula is C11H15NO2. The molecule has 1 aromatic rings. The van der Waals surface area contributed by atoms with Gasteiger partial charge in [0.15, 0.2) is 0 Å². The first-order valence-corrected chi connectivity index (χ1v) is 4.90. The van der Waals surface area contributed by atoms with Crippen molar-refractivity contribution >= 4 is 0 Å². The highest BCUT2D eigenvalue weighted by Crippen LogP contribution is 2.21. The standard InChI is InChI=1S/C11H15NO2/c1-8-5-10(6-9(2)12-8)11-7-13-3-4-14-11/h5-6,11H,3-4,7H2,1-2H3. The van der Waals surface area contributed by atoms with Crippen LogP contribution in [0.2, 0.25) is 0 Å². The van der Waals surface area contributed by atoms with Crippen LogP contribution in [-0.4, -0.2) is 24.8 Å². The van der Waals surface area contributed by atoms with Crippen LogP contribution in [0.15, 0.2) is 12.1 Å². The first-order chi connectivity index (χ1) is 6.75. The van der Waals surface area contributed by atoms with E-state index in [-0.39, 0.29) is 6.10 Å². The molecule has 0 bridgehead atoms. The van der Waals surface area contributed by atoms with Crippen LogP contribution in [0.5, 0.6) is 0 Å². The van der Waals surface area contributed by atoms with Crippen molar-refractivity contribution in [2.75, 3.05) is 19.8 Å². The van der Waals surface area contributed by atoms with Crippen molar-refractivity contribution in [1.82, 2.24) is 4.98 Å². The molecule has 1 aromatic heterocycles. The number of ether oxygens (including phenoxy) is 2. The Balaban J connectivity index is 2.21. The van der Waals surface area contributed by atoms with Crippen LogP contribution < -0.4 is 0 Å². The summed E-state index contributed by atoms with van der Waals surface area (Å²) in [6.07, 6.45) is 0.0872. The topological polar surface area (TPSA) is 31.4 Å². The van der Waals surface area contributed by atoms with Gasteiger partial charge in [0.05, 0.1) is 19.8 Å². The summed E-state index contributed by atoms with van der Waals surface area (Å²) in [7, 11) is 0. The molecule has 1 saturated heterocycles. The second kappa shape index (κ2) is 4.07. The average Bonchev–Trinajstić information content (AvgIpc) is 2.18. The molecule has 1 fully saturated rings. The van der Waals surface area contributed by atoms with E-state index in [1.807, 2.05) is 13.8 Å². The van der Waals surface area contributed by atoms with Crippen molar-refractivity contribution in [2.24, 2.45) is 0 Å². The lowest BCUT2D eigenvalue weighted by atomic mass is 10.1. The quantitative estimate of drug-likeness (QED) is 0.681. The molecule has 76 valence electrons. The normalized spacial score (nSPS) is 22.3. The molecule has 2 rings (SSSR count). The highest BCUT2D eigenvalue weighted by atomic mass is 16.6. The molecule has 2 heterocycles. The second-order valence-corrected chi connectivity index (χ2v) is 3.62. The van der Waals surface area contributed by atoms with Crippen molar-refractivity contribution in [3.8, 4) is 0 Å². The maximum atomic E-state index is 5.62. The van der Waals surface area contributed by atoms with Crippen molar-refractivity contribution in [3.63, 3.8) is 0 Å². The van der Waals surface area contributed by atoms with Gasteiger partial charge in [0.2, 0.25) is 0 Å². The first-order valence-electron chi connectivity index (χ1n) is 4.90. The number of aromatic nitrogens is 1. The minimum absolute atomic E-state index is 0.0872. The third kappa shape index (κ3) is 2.11. The average molecular weight is 193 g/mol. The summed E-state index contributed by atoms with van der Waals surface area (Å²) in [5.74, 6) is 0. The Labute approximate surface area is 84.1 Å². The summed E-state index contributed by atoms with van der Waals surface area (Å²) in [6, 6.07) is 4.12. The van der Waals surface area contributed by atoms with Crippen LogP contribution in [-0.2, 0) is 9.47 Å². The molecule has 1 unspecified atom stereocenters. The van der Waals surface area contributed by atoms with E-state index in [0.29, 0.717) is 19.8 Å². The first kappa shape index (κ1) is 9.62. The summed E-state index contributed by atoms with van der Waals surface area (Å²) < 4.78 is 11.0. The van der Waals surface area contributed by atoms with Crippen LogP contribution in [0.25, 0.3) is 0 Å². The number of hydrogen-bond acceptors (Lipinski definition) is 3. The molecule has 0 amide bonds. The molecule has 0 aliphatic carbocycles. The Morgan fingerprint density at radius 1 is 1.21 bits per heavy atom. The highest BCUT2D eigenvalue weighted by Gasteiger charge is 2.16. The lowest BCUT2D eigenvalue weighted by Gasteiger charge is -2.23. The molecule has 14 heavy (non-hydrogen) atoms. The van der Waals surface area contributed by atoms with Crippen LogP contribution in [0.3, 0.4) is 0 Å². The zero-order valence-electron chi connectivity index (χ0n) is 8.62. The van der Waals surface area contributed by atoms with E-state index in [1.165, 1.54) is 5.56 Å². The van der Waals surface area contributed by atoms with Gasteiger partial charge in [-0.2, -0.15) is 0 Å². The molecule has 0 N–H and O–H groups in total. The Kier molecular flexibility index (Phi) is 2.79. The number of aryl methyl sites for hydroxylation is 2. The zero-order chi connectivity index (χ0) is 9.97. The Bertz CT molecular complexity index is 299. The number of pyridine rings is 1. The molecule has 0 saturated carbocycles. The summed E-state index contributed by atoms with van der Waals surface area (Å²) >= 11 is 0. The monoisotopic (exact) mass is 193 g/mol. The second-order valence-electron chi connectivity index (χ2n) is 3.62. The fourth-order valence-corrected chi connectivity index (χ4v) is 1.73. The van der Waals surface area contributed by atoms with Gasteiger partial charge in [-0.3, -0.25) is 4.98 Å². The molecule has 3 nitrogen and oxygen atoms in total. The summed E-state index contributed by atoms with van der Waals surface area (Å²) in [4.78, 5) is 4.33. The maximum Gasteiger partial charge on any atom is 0.106 e. The van der Waals surface area contributed by atoms with E-state index in [9.17, 15) is 0 Å². The predicted octanol–water partition coefficient (Wildman–Crippen LogP) is 1.79. The molecular weight excluding hydrogens is 178 g/mol. The summed E-state index contributed by atoms with van der Waals surface area (Å²) in [6.45, 7) is 6.05. The Morgan fingerprint density at radius 3 is 2.50 bits per heavy atom. The van der Waals surface area contributed by atoms with Gasteiger partial charge in [0, 0.05) is 11.4 Å². The number of hydrogen-bond donors (Lipinski definition) is 0. The van der Waals surface area contributed by atoms with Gasteiger partial charge in [0.25, 0.3) is 0 Å². The molecule has 1 atom stereocenters. The van der Waals surface area contributed by atoms with Gasteiger partial charge >= 0.3 is 0 Å². The van der Waals surface area contributed by atoms with E-state index < -0.39 is 0 Å². The van der Waals surface area contributed by atoms with E-state index in [2.05, 4.69) is 17.1 Å².